The van der Waals surface area contributed by atoms with Crippen molar-refractivity contribution in [3.05, 3.63) is 72.0 Å². The monoisotopic (exact) mass is 277 g/mol. The Morgan fingerprint density at radius 1 is 1.45 bits per heavy atom. The minimum absolute atomic E-state index is 0.139. The molecule has 0 saturated carbocycles. The summed E-state index contributed by atoms with van der Waals surface area (Å²) in [5.41, 5.74) is 7.23. The Morgan fingerprint density at radius 3 is 2.80 bits per heavy atom. The van der Waals surface area contributed by atoms with Gasteiger partial charge in [-0.25, -0.2) is 0 Å². The van der Waals surface area contributed by atoms with Crippen molar-refractivity contribution in [1.82, 2.24) is 0 Å². The Kier molecular flexibility index (Phi) is 6.16. The number of nitrogens with two attached hydrogens (primary N) is 1. The SMILES string of the molecule is C=C1C=C(CC\C=C/C=C(\C=C\N)CC)C=CC1(F)F. The van der Waals surface area contributed by atoms with E-state index in [0.717, 1.165) is 36.5 Å². The molecule has 1 aliphatic carbocycles. The molecule has 0 atom stereocenters. The van der Waals surface area contributed by atoms with Gasteiger partial charge in [-0.1, -0.05) is 43.9 Å². The highest BCUT2D eigenvalue weighted by Crippen LogP contribution is 2.31. The predicted molar refractivity (Wildman–Crippen MR) is 81.4 cm³/mol. The highest BCUT2D eigenvalue weighted by molar-refractivity contribution is 5.41. The Hall–Kier alpha value is -1.90. The van der Waals surface area contributed by atoms with Gasteiger partial charge in [0.1, 0.15) is 0 Å². The molecule has 0 aromatic heterocycles. The molecule has 0 aromatic carbocycles. The third-order valence-electron chi connectivity index (χ3n) is 3.06. The molecule has 0 aromatic rings. The Balaban J connectivity index is 2.46. The van der Waals surface area contributed by atoms with Gasteiger partial charge < -0.3 is 5.73 Å². The summed E-state index contributed by atoms with van der Waals surface area (Å²) in [5, 5.41) is 0. The highest BCUT2D eigenvalue weighted by atomic mass is 19.3. The zero-order valence-corrected chi connectivity index (χ0v) is 11.8. The molecule has 2 N–H and O–H groups in total. The number of rotatable bonds is 6. The summed E-state index contributed by atoms with van der Waals surface area (Å²) < 4.78 is 26.3. The van der Waals surface area contributed by atoms with Crippen LogP contribution in [0, 0.1) is 0 Å². The van der Waals surface area contributed by atoms with Crippen LogP contribution in [0.4, 0.5) is 8.78 Å². The van der Waals surface area contributed by atoms with Gasteiger partial charge in [-0.05, 0) is 48.8 Å². The number of hydrogen-bond acceptors (Lipinski definition) is 1. The second-order valence-electron chi connectivity index (χ2n) is 4.62. The molecule has 108 valence electrons. The Morgan fingerprint density at radius 2 is 2.20 bits per heavy atom. The van der Waals surface area contributed by atoms with Crippen LogP contribution in [0.3, 0.4) is 0 Å². The van der Waals surface area contributed by atoms with Gasteiger partial charge in [0.2, 0.25) is 0 Å². The van der Waals surface area contributed by atoms with E-state index >= 15 is 0 Å². The van der Waals surface area contributed by atoms with Crippen LogP contribution in [-0.2, 0) is 0 Å². The highest BCUT2D eigenvalue weighted by Gasteiger charge is 2.30. The van der Waals surface area contributed by atoms with Crippen molar-refractivity contribution in [2.75, 3.05) is 0 Å². The van der Waals surface area contributed by atoms with E-state index < -0.39 is 5.92 Å². The molecule has 1 rings (SSSR count). The van der Waals surface area contributed by atoms with Gasteiger partial charge in [0, 0.05) is 5.57 Å². The van der Waals surface area contributed by atoms with E-state index in [1.807, 2.05) is 24.3 Å². The van der Waals surface area contributed by atoms with Crippen LogP contribution in [0.15, 0.2) is 72.0 Å². The van der Waals surface area contributed by atoms with Crippen molar-refractivity contribution < 1.29 is 8.78 Å². The maximum Gasteiger partial charge on any atom is 0.291 e. The van der Waals surface area contributed by atoms with E-state index in [1.165, 1.54) is 18.4 Å². The third kappa shape index (κ3) is 5.00. The maximum absolute atomic E-state index is 13.1. The van der Waals surface area contributed by atoms with E-state index in [4.69, 9.17) is 5.73 Å². The van der Waals surface area contributed by atoms with Gasteiger partial charge in [-0.2, -0.15) is 8.78 Å². The summed E-state index contributed by atoms with van der Waals surface area (Å²) in [5.74, 6) is -2.90. The third-order valence-corrected chi connectivity index (χ3v) is 3.06. The number of halogens is 2. The van der Waals surface area contributed by atoms with Gasteiger partial charge >= 0.3 is 0 Å². The topological polar surface area (TPSA) is 26.0 Å². The van der Waals surface area contributed by atoms with E-state index in [9.17, 15) is 8.78 Å². The second kappa shape index (κ2) is 7.63. The van der Waals surface area contributed by atoms with Crippen molar-refractivity contribution in [3.63, 3.8) is 0 Å². The first kappa shape index (κ1) is 16.2. The lowest BCUT2D eigenvalue weighted by molar-refractivity contribution is 0.100. The molecule has 3 heteroatoms. The molecule has 20 heavy (non-hydrogen) atoms. The zero-order chi connectivity index (χ0) is 15.0. The van der Waals surface area contributed by atoms with Gasteiger partial charge in [0.25, 0.3) is 5.92 Å². The molecule has 0 amide bonds. The molecule has 0 radical (unpaired) electrons. The van der Waals surface area contributed by atoms with Crippen molar-refractivity contribution in [3.8, 4) is 0 Å². The van der Waals surface area contributed by atoms with Crippen LogP contribution in [0.5, 0.6) is 0 Å². The minimum atomic E-state index is -2.90. The molecule has 0 heterocycles. The van der Waals surface area contributed by atoms with E-state index in [0.29, 0.717) is 0 Å². The fourth-order valence-electron chi connectivity index (χ4n) is 1.80. The van der Waals surface area contributed by atoms with Crippen LogP contribution in [0.25, 0.3) is 0 Å². The van der Waals surface area contributed by atoms with Gasteiger partial charge in [0.05, 0.1) is 0 Å². The van der Waals surface area contributed by atoms with E-state index in [2.05, 4.69) is 13.5 Å². The molecular weight excluding hydrogens is 256 g/mol. The summed E-state index contributed by atoms with van der Waals surface area (Å²) in [6, 6.07) is 0. The maximum atomic E-state index is 13.1. The summed E-state index contributed by atoms with van der Waals surface area (Å²) >= 11 is 0. The van der Waals surface area contributed by atoms with Crippen molar-refractivity contribution in [2.45, 2.75) is 32.1 Å². The number of alkyl halides is 2. The predicted octanol–water partition coefficient (Wildman–Crippen LogP) is 4.82. The Bertz CT molecular complexity index is 491. The van der Waals surface area contributed by atoms with Crippen molar-refractivity contribution in [1.29, 1.82) is 0 Å². The van der Waals surface area contributed by atoms with E-state index in [-0.39, 0.29) is 5.57 Å². The van der Waals surface area contributed by atoms with Crippen LogP contribution in [0.1, 0.15) is 26.2 Å². The molecule has 0 aliphatic heterocycles. The van der Waals surface area contributed by atoms with Crippen LogP contribution in [0.2, 0.25) is 0 Å². The minimum Gasteiger partial charge on any atom is -0.405 e. The summed E-state index contributed by atoms with van der Waals surface area (Å²) in [7, 11) is 0. The van der Waals surface area contributed by atoms with Crippen LogP contribution < -0.4 is 5.73 Å². The molecule has 0 fully saturated rings. The average Bonchev–Trinajstić information content (AvgIpc) is 2.41. The molecule has 0 unspecified atom stereocenters. The second-order valence-corrected chi connectivity index (χ2v) is 4.62. The van der Waals surface area contributed by atoms with E-state index in [1.54, 1.807) is 0 Å². The zero-order valence-electron chi connectivity index (χ0n) is 11.8. The quantitative estimate of drug-likeness (QED) is 0.692. The first-order valence-corrected chi connectivity index (χ1v) is 6.70. The molecule has 1 aliphatic rings. The lowest BCUT2D eigenvalue weighted by Crippen LogP contribution is -2.16. The normalized spacial score (nSPS) is 19.1. The lowest BCUT2D eigenvalue weighted by Gasteiger charge is -2.17. The molecule has 0 bridgehead atoms. The van der Waals surface area contributed by atoms with Crippen LogP contribution in [-0.4, -0.2) is 5.92 Å². The molecule has 1 nitrogen and oxygen atoms in total. The average molecular weight is 277 g/mol. The van der Waals surface area contributed by atoms with Crippen LogP contribution >= 0.6 is 0 Å². The molecule has 0 spiro atoms. The van der Waals surface area contributed by atoms with Crippen molar-refractivity contribution in [2.24, 2.45) is 5.73 Å². The number of hydrogen-bond donors (Lipinski definition) is 1. The Labute approximate surface area is 119 Å². The summed E-state index contributed by atoms with van der Waals surface area (Å²) in [6.45, 7) is 5.45. The fourth-order valence-corrected chi connectivity index (χ4v) is 1.80. The van der Waals surface area contributed by atoms with Gasteiger partial charge in [-0.15, -0.1) is 0 Å². The lowest BCUT2D eigenvalue weighted by atomic mass is 9.97. The first-order valence-electron chi connectivity index (χ1n) is 6.70. The standard InChI is InChI=1S/C17H21F2N/c1-3-15(10-12-20)7-5-4-6-8-16-9-11-17(18,19)14(2)13-16/h4-5,7,9-13H,2-3,6,8,20H2,1H3/b5-4-,12-10+,15-7-. The smallest absolute Gasteiger partial charge is 0.291 e. The van der Waals surface area contributed by atoms with Gasteiger partial charge in [-0.3, -0.25) is 0 Å². The molecule has 0 saturated heterocycles. The van der Waals surface area contributed by atoms with Gasteiger partial charge in [0.15, 0.2) is 0 Å². The fraction of sp³-hybridized carbons (Fsp3) is 0.294. The largest absolute Gasteiger partial charge is 0.405 e. The number of allylic oxidation sites excluding steroid dienone is 10. The molecular formula is C17H21F2N. The van der Waals surface area contributed by atoms with Crippen molar-refractivity contribution >= 4 is 0 Å². The first-order chi connectivity index (χ1) is 9.49. The summed E-state index contributed by atoms with van der Waals surface area (Å²) in [6.07, 6.45) is 15.7. The summed E-state index contributed by atoms with van der Waals surface area (Å²) in [4.78, 5) is 0.